The van der Waals surface area contributed by atoms with E-state index < -0.39 is 6.04 Å². The monoisotopic (exact) mass is 450 g/mol. The molecule has 2 amide bonds. The molecule has 1 saturated heterocycles. The van der Waals surface area contributed by atoms with E-state index in [-0.39, 0.29) is 24.4 Å². The van der Waals surface area contributed by atoms with Crippen LogP contribution >= 0.6 is 0 Å². The molecule has 6 heteroatoms. The Morgan fingerprint density at radius 3 is 2.42 bits per heavy atom. The second-order valence-corrected chi connectivity index (χ2v) is 8.83. The van der Waals surface area contributed by atoms with Crippen LogP contribution in [0.3, 0.4) is 0 Å². The van der Waals surface area contributed by atoms with Crippen molar-refractivity contribution in [1.29, 1.82) is 0 Å². The van der Waals surface area contributed by atoms with Crippen LogP contribution in [0.15, 0.2) is 48.5 Å². The molecular formula is C27H34N2O4. The van der Waals surface area contributed by atoms with E-state index in [4.69, 9.17) is 9.47 Å². The average Bonchev–Trinajstić information content (AvgIpc) is 2.86. The van der Waals surface area contributed by atoms with E-state index in [2.05, 4.69) is 12.1 Å². The van der Waals surface area contributed by atoms with Crippen LogP contribution in [0.1, 0.15) is 56.2 Å². The highest BCUT2D eigenvalue weighted by molar-refractivity contribution is 5.96. The largest absolute Gasteiger partial charge is 0.493 e. The smallest absolute Gasteiger partial charge is 0.250 e. The van der Waals surface area contributed by atoms with Crippen molar-refractivity contribution in [2.24, 2.45) is 0 Å². The molecule has 33 heavy (non-hydrogen) atoms. The number of hydrogen-bond acceptors (Lipinski definition) is 4. The van der Waals surface area contributed by atoms with E-state index in [9.17, 15) is 9.59 Å². The second kappa shape index (κ2) is 10.7. The van der Waals surface area contributed by atoms with E-state index in [1.165, 1.54) is 6.42 Å². The minimum absolute atomic E-state index is 0.00829. The summed E-state index contributed by atoms with van der Waals surface area (Å²) >= 11 is 0. The molecule has 1 aliphatic heterocycles. The molecule has 2 aliphatic rings. The summed E-state index contributed by atoms with van der Waals surface area (Å²) in [7, 11) is 1.59. The molecule has 0 unspecified atom stereocenters. The van der Waals surface area contributed by atoms with Gasteiger partial charge in [0.25, 0.3) is 5.91 Å². The summed E-state index contributed by atoms with van der Waals surface area (Å²) in [4.78, 5) is 30.9. The first-order chi connectivity index (χ1) is 16.1. The fourth-order valence-electron chi connectivity index (χ4n) is 5.05. The highest BCUT2D eigenvalue weighted by Gasteiger charge is 2.43. The van der Waals surface area contributed by atoms with Crippen LogP contribution < -0.4 is 9.47 Å². The van der Waals surface area contributed by atoms with Crippen LogP contribution in [0.25, 0.3) is 0 Å². The van der Waals surface area contributed by atoms with Crippen molar-refractivity contribution in [3.63, 3.8) is 0 Å². The number of piperazine rings is 1. The lowest BCUT2D eigenvalue weighted by atomic mass is 9.91. The third-order valence-corrected chi connectivity index (χ3v) is 6.76. The number of methoxy groups -OCH3 is 1. The normalized spacial score (nSPS) is 19.6. The Kier molecular flexibility index (Phi) is 7.53. The van der Waals surface area contributed by atoms with Gasteiger partial charge in [-0.05, 0) is 49.4 Å². The van der Waals surface area contributed by atoms with Gasteiger partial charge in [-0.15, -0.1) is 0 Å². The lowest BCUT2D eigenvalue weighted by Gasteiger charge is -2.44. The minimum Gasteiger partial charge on any atom is -0.493 e. The number of nitrogens with zero attached hydrogens (tertiary/aromatic N) is 2. The van der Waals surface area contributed by atoms with Gasteiger partial charge in [-0.25, -0.2) is 0 Å². The topological polar surface area (TPSA) is 59.1 Å². The molecular weight excluding hydrogens is 416 g/mol. The zero-order chi connectivity index (χ0) is 23.2. The number of hydrogen-bond donors (Lipinski definition) is 0. The van der Waals surface area contributed by atoms with Crippen LogP contribution in [0, 0.1) is 0 Å². The van der Waals surface area contributed by atoms with Gasteiger partial charge in [-0.2, -0.15) is 0 Å². The molecule has 2 fully saturated rings. The van der Waals surface area contributed by atoms with E-state index in [1.807, 2.05) is 48.2 Å². The quantitative estimate of drug-likeness (QED) is 0.599. The number of rotatable bonds is 8. The van der Waals surface area contributed by atoms with Crippen molar-refractivity contribution in [3.05, 3.63) is 59.7 Å². The van der Waals surface area contributed by atoms with Crippen LogP contribution in [-0.4, -0.2) is 54.5 Å². The van der Waals surface area contributed by atoms with Gasteiger partial charge in [-0.3, -0.25) is 9.59 Å². The standard InChI is InChI=1S/C27H34N2O4/c1-3-33-23-15-14-21(18-24(23)32-2)26-27(31)29(22-12-8-5-9-13-22)19-25(30)28(26)17-16-20-10-6-4-7-11-20/h4,6-7,10-11,14-15,18,22,26H,3,5,8-9,12-13,16-17,19H2,1-2H3/t26-/m1/s1. The molecule has 2 aromatic rings. The van der Waals surface area contributed by atoms with Crippen molar-refractivity contribution in [2.45, 2.75) is 57.5 Å². The molecule has 0 bridgehead atoms. The maximum atomic E-state index is 13.9. The predicted molar refractivity (Wildman–Crippen MR) is 127 cm³/mol. The van der Waals surface area contributed by atoms with E-state index >= 15 is 0 Å². The number of carbonyl (C=O) groups is 2. The molecule has 1 atom stereocenters. The maximum absolute atomic E-state index is 13.9. The van der Waals surface area contributed by atoms with Crippen LogP contribution in [-0.2, 0) is 16.0 Å². The first-order valence-electron chi connectivity index (χ1n) is 12.1. The Morgan fingerprint density at radius 1 is 0.970 bits per heavy atom. The number of carbonyl (C=O) groups excluding carboxylic acids is 2. The summed E-state index contributed by atoms with van der Waals surface area (Å²) in [6.07, 6.45) is 6.08. The molecule has 1 saturated carbocycles. The van der Waals surface area contributed by atoms with Gasteiger partial charge in [0.05, 0.1) is 13.7 Å². The second-order valence-electron chi connectivity index (χ2n) is 8.83. The summed E-state index contributed by atoms with van der Waals surface area (Å²) in [6.45, 7) is 3.11. The molecule has 0 N–H and O–H groups in total. The molecule has 176 valence electrons. The van der Waals surface area contributed by atoms with Crippen LogP contribution in [0.2, 0.25) is 0 Å². The molecule has 2 aromatic carbocycles. The lowest BCUT2D eigenvalue weighted by Crippen LogP contribution is -2.58. The Balaban J connectivity index is 1.66. The average molecular weight is 451 g/mol. The zero-order valence-electron chi connectivity index (χ0n) is 19.7. The van der Waals surface area contributed by atoms with Crippen molar-refractivity contribution in [1.82, 2.24) is 9.80 Å². The number of benzene rings is 2. The van der Waals surface area contributed by atoms with E-state index in [1.54, 1.807) is 12.0 Å². The van der Waals surface area contributed by atoms with E-state index in [0.717, 1.165) is 36.8 Å². The fourth-order valence-corrected chi connectivity index (χ4v) is 5.05. The molecule has 6 nitrogen and oxygen atoms in total. The predicted octanol–water partition coefficient (Wildman–Crippen LogP) is 4.38. The van der Waals surface area contributed by atoms with Gasteiger partial charge in [0.2, 0.25) is 5.91 Å². The van der Waals surface area contributed by atoms with Crippen molar-refractivity contribution < 1.29 is 19.1 Å². The van der Waals surface area contributed by atoms with Gasteiger partial charge in [0.1, 0.15) is 12.6 Å². The fraction of sp³-hybridized carbons (Fsp3) is 0.481. The lowest BCUT2D eigenvalue weighted by molar-refractivity contribution is -0.159. The molecule has 1 heterocycles. The summed E-state index contributed by atoms with van der Waals surface area (Å²) in [5.74, 6) is 1.24. The van der Waals surface area contributed by atoms with Gasteiger partial charge in [0, 0.05) is 12.6 Å². The first kappa shape index (κ1) is 23.1. The Labute approximate surface area is 196 Å². The maximum Gasteiger partial charge on any atom is 0.250 e. The van der Waals surface area contributed by atoms with Crippen molar-refractivity contribution in [3.8, 4) is 11.5 Å². The van der Waals surface area contributed by atoms with Gasteiger partial charge < -0.3 is 19.3 Å². The molecule has 1 aliphatic carbocycles. The molecule has 0 aromatic heterocycles. The van der Waals surface area contributed by atoms with Crippen molar-refractivity contribution in [2.75, 3.05) is 26.8 Å². The minimum atomic E-state index is -0.651. The number of ether oxygens (including phenoxy) is 2. The van der Waals surface area contributed by atoms with Gasteiger partial charge in [-0.1, -0.05) is 55.7 Å². The molecule has 0 radical (unpaired) electrons. The summed E-state index contributed by atoms with van der Waals surface area (Å²) in [6, 6.07) is 15.2. The summed E-state index contributed by atoms with van der Waals surface area (Å²) < 4.78 is 11.2. The van der Waals surface area contributed by atoms with Crippen LogP contribution in [0.4, 0.5) is 0 Å². The van der Waals surface area contributed by atoms with Gasteiger partial charge >= 0.3 is 0 Å². The molecule has 4 rings (SSSR count). The first-order valence-corrected chi connectivity index (χ1v) is 12.1. The van der Waals surface area contributed by atoms with Crippen LogP contribution in [0.5, 0.6) is 11.5 Å². The third-order valence-electron chi connectivity index (χ3n) is 6.76. The summed E-state index contributed by atoms with van der Waals surface area (Å²) in [5, 5.41) is 0. The molecule has 0 spiro atoms. The van der Waals surface area contributed by atoms with Gasteiger partial charge in [0.15, 0.2) is 11.5 Å². The highest BCUT2D eigenvalue weighted by Crippen LogP contribution is 2.36. The Morgan fingerprint density at radius 2 is 1.73 bits per heavy atom. The van der Waals surface area contributed by atoms with Crippen molar-refractivity contribution >= 4 is 11.8 Å². The zero-order valence-corrected chi connectivity index (χ0v) is 19.7. The number of amides is 2. The Bertz CT molecular complexity index is 956. The highest BCUT2D eigenvalue weighted by atomic mass is 16.5. The summed E-state index contributed by atoms with van der Waals surface area (Å²) in [5.41, 5.74) is 1.91. The SMILES string of the molecule is CCOc1ccc([C@@H]2C(=O)N(C3CCCCC3)CC(=O)N2CCc2ccccc2)cc1OC. The Hall–Kier alpha value is -3.02. The third kappa shape index (κ3) is 5.15. The van der Waals surface area contributed by atoms with E-state index in [0.29, 0.717) is 31.1 Å².